The molecule has 1 aliphatic carbocycles. The van der Waals surface area contributed by atoms with Crippen LogP contribution >= 0.6 is 0 Å². The molecule has 17 heavy (non-hydrogen) atoms. The molecule has 1 unspecified atom stereocenters. The molecular formula is C13H17N3O. The van der Waals surface area contributed by atoms with Gasteiger partial charge in [-0.2, -0.15) is 10.4 Å². The van der Waals surface area contributed by atoms with Crippen LogP contribution in [0.4, 0.5) is 0 Å². The number of aromatic nitrogens is 2. The van der Waals surface area contributed by atoms with Crippen LogP contribution in [0.25, 0.3) is 0 Å². The minimum absolute atomic E-state index is 0.133. The Balaban J connectivity index is 2.08. The van der Waals surface area contributed by atoms with E-state index in [1.807, 2.05) is 13.1 Å². The Hall–Kier alpha value is -1.63. The van der Waals surface area contributed by atoms with Crippen LogP contribution in [0, 0.1) is 16.7 Å². The van der Waals surface area contributed by atoms with Crippen LogP contribution in [-0.4, -0.2) is 15.6 Å². The molecule has 2 rings (SSSR count). The fraction of sp³-hybridized carbons (Fsp3) is 0.615. The fourth-order valence-electron chi connectivity index (χ4n) is 2.52. The van der Waals surface area contributed by atoms with Gasteiger partial charge in [-0.05, 0) is 31.7 Å². The van der Waals surface area contributed by atoms with E-state index in [-0.39, 0.29) is 5.78 Å². The van der Waals surface area contributed by atoms with E-state index in [0.717, 1.165) is 31.4 Å². The van der Waals surface area contributed by atoms with Crippen molar-refractivity contribution in [2.45, 2.75) is 38.5 Å². The van der Waals surface area contributed by atoms with Crippen LogP contribution in [0.2, 0.25) is 0 Å². The Morgan fingerprint density at radius 3 is 3.00 bits per heavy atom. The lowest BCUT2D eigenvalue weighted by atomic mass is 9.71. The molecule has 4 heteroatoms. The highest BCUT2D eigenvalue weighted by atomic mass is 16.1. The van der Waals surface area contributed by atoms with Crippen LogP contribution < -0.4 is 0 Å². The SMILES string of the molecule is Cn1nccc1CCC1(C#N)CCCCC1=O. The van der Waals surface area contributed by atoms with Gasteiger partial charge in [0.1, 0.15) is 5.41 Å². The van der Waals surface area contributed by atoms with Crippen molar-refractivity contribution in [1.29, 1.82) is 5.26 Å². The Bertz CT molecular complexity index is 457. The van der Waals surface area contributed by atoms with E-state index in [0.29, 0.717) is 12.8 Å². The van der Waals surface area contributed by atoms with Gasteiger partial charge in [0.15, 0.2) is 5.78 Å². The third-order valence-corrected chi connectivity index (χ3v) is 3.74. The van der Waals surface area contributed by atoms with Crippen molar-refractivity contribution >= 4 is 5.78 Å². The average molecular weight is 231 g/mol. The van der Waals surface area contributed by atoms with Gasteiger partial charge in [-0.15, -0.1) is 0 Å². The van der Waals surface area contributed by atoms with Crippen LogP contribution in [0.1, 0.15) is 37.8 Å². The largest absolute Gasteiger partial charge is 0.298 e. The summed E-state index contributed by atoms with van der Waals surface area (Å²) in [5.74, 6) is 0.133. The van der Waals surface area contributed by atoms with Gasteiger partial charge in [-0.3, -0.25) is 9.48 Å². The molecule has 0 amide bonds. The van der Waals surface area contributed by atoms with Gasteiger partial charge in [-0.1, -0.05) is 6.42 Å². The molecule has 0 radical (unpaired) electrons. The summed E-state index contributed by atoms with van der Waals surface area (Å²) in [6, 6.07) is 4.21. The van der Waals surface area contributed by atoms with Gasteiger partial charge < -0.3 is 0 Å². The second-order valence-corrected chi connectivity index (χ2v) is 4.77. The number of aryl methyl sites for hydroxylation is 2. The summed E-state index contributed by atoms with van der Waals surface area (Å²) in [5.41, 5.74) is 0.348. The monoisotopic (exact) mass is 231 g/mol. The molecule has 0 aliphatic heterocycles. The lowest BCUT2D eigenvalue weighted by Crippen LogP contribution is -2.33. The highest BCUT2D eigenvalue weighted by Gasteiger charge is 2.39. The summed E-state index contributed by atoms with van der Waals surface area (Å²) in [6.45, 7) is 0. The van der Waals surface area contributed by atoms with Gasteiger partial charge >= 0.3 is 0 Å². The number of hydrogen-bond donors (Lipinski definition) is 0. The zero-order valence-electron chi connectivity index (χ0n) is 10.1. The number of rotatable bonds is 3. The van der Waals surface area contributed by atoms with Crippen molar-refractivity contribution in [3.63, 3.8) is 0 Å². The summed E-state index contributed by atoms with van der Waals surface area (Å²) in [7, 11) is 1.89. The first kappa shape index (κ1) is 11.8. The lowest BCUT2D eigenvalue weighted by Gasteiger charge is -2.28. The van der Waals surface area contributed by atoms with Crippen molar-refractivity contribution in [1.82, 2.24) is 9.78 Å². The molecule has 1 aromatic heterocycles. The smallest absolute Gasteiger partial charge is 0.153 e. The van der Waals surface area contributed by atoms with E-state index in [4.69, 9.17) is 0 Å². The molecule has 0 N–H and O–H groups in total. The van der Waals surface area contributed by atoms with Gasteiger partial charge in [0.2, 0.25) is 0 Å². The number of carbonyl (C=O) groups excluding carboxylic acids is 1. The van der Waals surface area contributed by atoms with Gasteiger partial charge in [0.05, 0.1) is 6.07 Å². The first-order valence-electron chi connectivity index (χ1n) is 6.09. The maximum absolute atomic E-state index is 11.9. The van der Waals surface area contributed by atoms with Crippen molar-refractivity contribution in [2.75, 3.05) is 0 Å². The number of ketones is 1. The minimum Gasteiger partial charge on any atom is -0.298 e. The van der Waals surface area contributed by atoms with Crippen molar-refractivity contribution in [3.05, 3.63) is 18.0 Å². The fourth-order valence-corrected chi connectivity index (χ4v) is 2.52. The maximum Gasteiger partial charge on any atom is 0.153 e. The minimum atomic E-state index is -0.734. The molecule has 90 valence electrons. The van der Waals surface area contributed by atoms with E-state index in [1.165, 1.54) is 0 Å². The number of carbonyl (C=O) groups is 1. The zero-order chi connectivity index (χ0) is 12.3. The van der Waals surface area contributed by atoms with E-state index >= 15 is 0 Å². The zero-order valence-corrected chi connectivity index (χ0v) is 10.1. The third kappa shape index (κ3) is 2.23. The lowest BCUT2D eigenvalue weighted by molar-refractivity contribution is -0.128. The van der Waals surface area contributed by atoms with Crippen LogP contribution in [0.5, 0.6) is 0 Å². The Labute approximate surface area is 101 Å². The highest BCUT2D eigenvalue weighted by Crippen LogP contribution is 2.36. The first-order valence-corrected chi connectivity index (χ1v) is 6.09. The molecular weight excluding hydrogens is 214 g/mol. The molecule has 1 aliphatic rings. The van der Waals surface area contributed by atoms with E-state index in [9.17, 15) is 10.1 Å². The van der Waals surface area contributed by atoms with E-state index < -0.39 is 5.41 Å². The number of hydrogen-bond acceptors (Lipinski definition) is 3. The second-order valence-electron chi connectivity index (χ2n) is 4.77. The highest BCUT2D eigenvalue weighted by molar-refractivity contribution is 5.88. The van der Waals surface area contributed by atoms with Gasteiger partial charge in [0.25, 0.3) is 0 Å². The molecule has 1 fully saturated rings. The molecule has 0 bridgehead atoms. The van der Waals surface area contributed by atoms with E-state index in [2.05, 4.69) is 11.2 Å². The summed E-state index contributed by atoms with van der Waals surface area (Å²) in [5, 5.41) is 13.4. The quantitative estimate of drug-likeness (QED) is 0.799. The van der Waals surface area contributed by atoms with Crippen LogP contribution in [-0.2, 0) is 18.3 Å². The molecule has 1 aromatic rings. The van der Waals surface area contributed by atoms with Crippen molar-refractivity contribution in [3.8, 4) is 6.07 Å². The molecule has 0 saturated heterocycles. The molecule has 1 atom stereocenters. The molecule has 1 saturated carbocycles. The molecule has 1 heterocycles. The predicted octanol–water partition coefficient (Wildman–Crippen LogP) is 2.01. The normalized spacial score (nSPS) is 24.6. The standard InChI is InChI=1S/C13H17N3O/c1-16-11(6-9-15-16)5-8-13(10-14)7-3-2-4-12(13)17/h6,9H,2-5,7-8H2,1H3. The van der Waals surface area contributed by atoms with Crippen molar-refractivity contribution < 1.29 is 4.79 Å². The van der Waals surface area contributed by atoms with E-state index in [1.54, 1.807) is 10.9 Å². The first-order chi connectivity index (χ1) is 8.18. The average Bonchev–Trinajstić information content (AvgIpc) is 2.75. The topological polar surface area (TPSA) is 58.7 Å². The third-order valence-electron chi connectivity index (χ3n) is 3.74. The van der Waals surface area contributed by atoms with Crippen LogP contribution in [0.3, 0.4) is 0 Å². The van der Waals surface area contributed by atoms with Gasteiger partial charge in [-0.25, -0.2) is 0 Å². The molecule has 0 spiro atoms. The molecule has 0 aromatic carbocycles. The number of nitrogens with zero attached hydrogens (tertiary/aromatic N) is 3. The Morgan fingerprint density at radius 1 is 1.59 bits per heavy atom. The Morgan fingerprint density at radius 2 is 2.41 bits per heavy atom. The Kier molecular flexibility index (Phi) is 3.28. The number of Topliss-reactive ketones (excluding diaryl/α,β-unsaturated/α-hetero) is 1. The summed E-state index contributed by atoms with van der Waals surface area (Å²) in [6.07, 6.45) is 6.34. The molecule has 4 nitrogen and oxygen atoms in total. The van der Waals surface area contributed by atoms with Crippen LogP contribution in [0.15, 0.2) is 12.3 Å². The summed E-state index contributed by atoms with van der Waals surface area (Å²) in [4.78, 5) is 11.9. The summed E-state index contributed by atoms with van der Waals surface area (Å²) < 4.78 is 1.80. The predicted molar refractivity (Wildman–Crippen MR) is 63.1 cm³/mol. The van der Waals surface area contributed by atoms with Crippen molar-refractivity contribution in [2.24, 2.45) is 12.5 Å². The second kappa shape index (κ2) is 4.70. The maximum atomic E-state index is 11.9. The number of nitriles is 1. The van der Waals surface area contributed by atoms with Gasteiger partial charge in [0, 0.05) is 25.4 Å². The summed E-state index contributed by atoms with van der Waals surface area (Å²) >= 11 is 0.